The Bertz CT molecular complexity index is 534. The molecule has 1 N–H and O–H groups in total. The zero-order chi connectivity index (χ0) is 13.7. The third kappa shape index (κ3) is 4.19. The second-order valence-corrected chi connectivity index (χ2v) is 4.64. The number of alkyl halides is 2. The van der Waals surface area contributed by atoms with E-state index in [9.17, 15) is 8.78 Å². The second kappa shape index (κ2) is 6.88. The molecule has 0 bridgehead atoms. The Morgan fingerprint density at radius 3 is 3.00 bits per heavy atom. The molecule has 5 nitrogen and oxygen atoms in total. The van der Waals surface area contributed by atoms with Crippen LogP contribution in [0.3, 0.4) is 0 Å². The lowest BCUT2D eigenvalue weighted by molar-refractivity contribution is 0.0187. The SMILES string of the molecule is FC(F)COCCNCc1cnc2cnc(Br)cn12. The molecule has 0 radical (unpaired) electrons. The number of aromatic nitrogens is 3. The normalized spacial score (nSPS) is 11.6. The molecule has 19 heavy (non-hydrogen) atoms. The number of fused-ring (bicyclic) bond motifs is 1. The standard InChI is InChI=1S/C11H13BrF2N4O/c12-9-6-18-8(4-17-11(18)5-16-9)3-15-1-2-19-7-10(13)14/h4-6,10,15H,1-3,7H2. The van der Waals surface area contributed by atoms with Crippen molar-refractivity contribution in [3.05, 3.63) is 28.9 Å². The predicted molar refractivity (Wildman–Crippen MR) is 69.2 cm³/mol. The van der Waals surface area contributed by atoms with Crippen molar-refractivity contribution in [2.45, 2.75) is 13.0 Å². The van der Waals surface area contributed by atoms with E-state index in [0.717, 1.165) is 15.9 Å². The Kier molecular flexibility index (Phi) is 5.17. The minimum Gasteiger partial charge on any atom is -0.374 e. The maximum Gasteiger partial charge on any atom is 0.261 e. The van der Waals surface area contributed by atoms with Crippen molar-refractivity contribution in [3.8, 4) is 0 Å². The summed E-state index contributed by atoms with van der Waals surface area (Å²) in [4.78, 5) is 8.29. The predicted octanol–water partition coefficient (Wildman–Crippen LogP) is 1.86. The lowest BCUT2D eigenvalue weighted by Crippen LogP contribution is -2.21. The fourth-order valence-electron chi connectivity index (χ4n) is 1.58. The summed E-state index contributed by atoms with van der Waals surface area (Å²) < 4.78 is 31.0. The van der Waals surface area contributed by atoms with Gasteiger partial charge in [-0.3, -0.25) is 4.40 Å². The van der Waals surface area contributed by atoms with E-state index < -0.39 is 13.0 Å². The largest absolute Gasteiger partial charge is 0.374 e. The molecule has 0 atom stereocenters. The molecule has 8 heteroatoms. The van der Waals surface area contributed by atoms with E-state index in [2.05, 4.69) is 31.2 Å². The van der Waals surface area contributed by atoms with Crippen LogP contribution < -0.4 is 5.32 Å². The third-order valence-electron chi connectivity index (χ3n) is 2.41. The molecule has 0 saturated heterocycles. The molecule has 2 aromatic rings. The van der Waals surface area contributed by atoms with Crippen molar-refractivity contribution in [2.75, 3.05) is 19.8 Å². The maximum atomic E-state index is 11.8. The highest BCUT2D eigenvalue weighted by molar-refractivity contribution is 9.10. The minimum absolute atomic E-state index is 0.256. The van der Waals surface area contributed by atoms with E-state index in [4.69, 9.17) is 4.74 Å². The molecule has 0 spiro atoms. The van der Waals surface area contributed by atoms with E-state index >= 15 is 0 Å². The van der Waals surface area contributed by atoms with Crippen LogP contribution in [0, 0.1) is 0 Å². The first-order valence-electron chi connectivity index (χ1n) is 5.71. The minimum atomic E-state index is -2.41. The van der Waals surface area contributed by atoms with Gasteiger partial charge in [-0.15, -0.1) is 0 Å². The molecule has 0 amide bonds. The lowest BCUT2D eigenvalue weighted by Gasteiger charge is -2.06. The van der Waals surface area contributed by atoms with Gasteiger partial charge in [0.15, 0.2) is 5.65 Å². The number of nitrogens with zero attached hydrogens (tertiary/aromatic N) is 3. The Hall–Kier alpha value is -1.12. The fourth-order valence-corrected chi connectivity index (χ4v) is 1.89. The van der Waals surface area contributed by atoms with Crippen LogP contribution in [0.2, 0.25) is 0 Å². The van der Waals surface area contributed by atoms with E-state index in [1.54, 1.807) is 12.4 Å². The van der Waals surface area contributed by atoms with Gasteiger partial charge in [-0.05, 0) is 15.9 Å². The number of hydrogen-bond donors (Lipinski definition) is 1. The van der Waals surface area contributed by atoms with Gasteiger partial charge in [-0.25, -0.2) is 18.7 Å². The highest BCUT2D eigenvalue weighted by Gasteiger charge is 2.04. The van der Waals surface area contributed by atoms with Crippen molar-refractivity contribution in [1.29, 1.82) is 0 Å². The lowest BCUT2D eigenvalue weighted by atomic mass is 10.4. The van der Waals surface area contributed by atoms with Crippen LogP contribution in [-0.2, 0) is 11.3 Å². The van der Waals surface area contributed by atoms with Crippen molar-refractivity contribution in [2.24, 2.45) is 0 Å². The summed E-state index contributed by atoms with van der Waals surface area (Å²) in [5.41, 5.74) is 1.72. The second-order valence-electron chi connectivity index (χ2n) is 3.83. The van der Waals surface area contributed by atoms with Gasteiger partial charge in [0.2, 0.25) is 0 Å². The van der Waals surface area contributed by atoms with Crippen LogP contribution in [-0.4, -0.2) is 40.6 Å². The van der Waals surface area contributed by atoms with Gasteiger partial charge in [0.1, 0.15) is 11.2 Å². The van der Waals surface area contributed by atoms with Crippen LogP contribution in [0.5, 0.6) is 0 Å². The van der Waals surface area contributed by atoms with E-state index in [1.807, 2.05) is 10.6 Å². The summed E-state index contributed by atoms with van der Waals surface area (Å²) in [6.45, 7) is 0.824. The molecule has 0 unspecified atom stereocenters. The number of ether oxygens (including phenoxy) is 1. The molecule has 2 rings (SSSR count). The van der Waals surface area contributed by atoms with Crippen molar-refractivity contribution in [1.82, 2.24) is 19.7 Å². The molecule has 0 saturated carbocycles. The highest BCUT2D eigenvalue weighted by atomic mass is 79.9. The summed E-state index contributed by atoms with van der Waals surface area (Å²) in [6, 6.07) is 0. The Morgan fingerprint density at radius 1 is 1.37 bits per heavy atom. The number of hydrogen-bond acceptors (Lipinski definition) is 4. The Morgan fingerprint density at radius 2 is 2.21 bits per heavy atom. The first-order valence-corrected chi connectivity index (χ1v) is 6.50. The van der Waals surface area contributed by atoms with Gasteiger partial charge in [-0.1, -0.05) is 0 Å². The number of rotatable bonds is 7. The molecule has 0 aromatic carbocycles. The zero-order valence-electron chi connectivity index (χ0n) is 10.0. The average molecular weight is 335 g/mol. The highest BCUT2D eigenvalue weighted by Crippen LogP contribution is 2.10. The summed E-state index contributed by atoms with van der Waals surface area (Å²) in [7, 11) is 0. The molecule has 0 aliphatic heterocycles. The number of nitrogens with one attached hydrogen (secondary N) is 1. The molecular formula is C11H13BrF2N4O. The first-order chi connectivity index (χ1) is 9.16. The van der Waals surface area contributed by atoms with Gasteiger partial charge < -0.3 is 10.1 Å². The number of imidazole rings is 1. The van der Waals surface area contributed by atoms with Crippen molar-refractivity contribution < 1.29 is 13.5 Å². The first kappa shape index (κ1) is 14.3. The Labute approximate surface area is 117 Å². The topological polar surface area (TPSA) is 51.5 Å². The molecule has 0 aliphatic rings. The van der Waals surface area contributed by atoms with Gasteiger partial charge in [0.05, 0.1) is 24.7 Å². The molecule has 2 aromatic heterocycles. The van der Waals surface area contributed by atoms with Gasteiger partial charge in [-0.2, -0.15) is 0 Å². The van der Waals surface area contributed by atoms with Gasteiger partial charge in [0, 0.05) is 19.3 Å². The molecule has 2 heterocycles. The van der Waals surface area contributed by atoms with Crippen LogP contribution >= 0.6 is 15.9 Å². The van der Waals surface area contributed by atoms with Gasteiger partial charge >= 0.3 is 0 Å². The van der Waals surface area contributed by atoms with Gasteiger partial charge in [0.25, 0.3) is 6.43 Å². The van der Waals surface area contributed by atoms with Crippen LogP contribution in [0.4, 0.5) is 8.78 Å². The zero-order valence-corrected chi connectivity index (χ0v) is 11.6. The third-order valence-corrected chi connectivity index (χ3v) is 2.82. The number of halogens is 3. The van der Waals surface area contributed by atoms with E-state index in [-0.39, 0.29) is 6.61 Å². The molecule has 0 fully saturated rings. The quantitative estimate of drug-likeness (QED) is 0.785. The summed E-state index contributed by atoms with van der Waals surface area (Å²) >= 11 is 3.30. The molecule has 0 aliphatic carbocycles. The van der Waals surface area contributed by atoms with Crippen molar-refractivity contribution in [3.63, 3.8) is 0 Å². The van der Waals surface area contributed by atoms with Crippen molar-refractivity contribution >= 4 is 21.6 Å². The fraction of sp³-hybridized carbons (Fsp3) is 0.455. The maximum absolute atomic E-state index is 11.8. The average Bonchev–Trinajstić information content (AvgIpc) is 2.76. The summed E-state index contributed by atoms with van der Waals surface area (Å²) in [5.74, 6) is 0. The van der Waals surface area contributed by atoms with Crippen LogP contribution in [0.15, 0.2) is 23.2 Å². The summed E-state index contributed by atoms with van der Waals surface area (Å²) in [6.07, 6.45) is 2.83. The van der Waals surface area contributed by atoms with Crippen LogP contribution in [0.25, 0.3) is 5.65 Å². The Balaban J connectivity index is 1.80. The molecular weight excluding hydrogens is 322 g/mol. The summed E-state index contributed by atoms with van der Waals surface area (Å²) in [5, 5.41) is 3.11. The van der Waals surface area contributed by atoms with E-state index in [1.165, 1.54) is 0 Å². The van der Waals surface area contributed by atoms with Crippen LogP contribution in [0.1, 0.15) is 5.69 Å². The van der Waals surface area contributed by atoms with E-state index in [0.29, 0.717) is 13.1 Å². The molecule has 104 valence electrons. The smallest absolute Gasteiger partial charge is 0.261 e. The monoisotopic (exact) mass is 334 g/mol.